The van der Waals surface area contributed by atoms with Crippen molar-refractivity contribution >= 4 is 23.2 Å². The largest absolute Gasteiger partial charge is 0.372 e. The van der Waals surface area contributed by atoms with Crippen LogP contribution in [-0.4, -0.2) is 38.0 Å². The van der Waals surface area contributed by atoms with E-state index in [0.717, 1.165) is 0 Å². The highest BCUT2D eigenvalue weighted by atomic mass is 35.5. The summed E-state index contributed by atoms with van der Waals surface area (Å²) in [5.74, 6) is -0.790. The minimum absolute atomic E-state index is 0.0944. The molecule has 86 valence electrons. The van der Waals surface area contributed by atoms with Crippen molar-refractivity contribution in [2.45, 2.75) is 0 Å². The molecule has 3 nitrogen and oxygen atoms in total. The summed E-state index contributed by atoms with van der Waals surface area (Å²) in [7, 11) is 3.55. The highest BCUT2D eigenvalue weighted by molar-refractivity contribution is 6.34. The first kappa shape index (κ1) is 11.2. The summed E-state index contributed by atoms with van der Waals surface area (Å²) in [6.45, 7) is 1.30. The maximum atomic E-state index is 13.3. The van der Waals surface area contributed by atoms with Crippen molar-refractivity contribution in [3.05, 3.63) is 28.5 Å². The number of hydrogen-bond acceptors (Lipinski definition) is 2. The van der Waals surface area contributed by atoms with Crippen LogP contribution in [0, 0.1) is 5.82 Å². The molecule has 0 saturated carbocycles. The average molecular weight is 243 g/mol. The van der Waals surface area contributed by atoms with Crippen molar-refractivity contribution in [3.63, 3.8) is 0 Å². The van der Waals surface area contributed by atoms with Crippen LogP contribution in [-0.2, 0) is 0 Å². The second-order valence-electron chi connectivity index (χ2n) is 3.90. The normalized spacial score (nSPS) is 16.1. The van der Waals surface area contributed by atoms with Crippen LogP contribution >= 0.6 is 11.6 Å². The standard InChI is InChI=1S/C11H12ClFN2O/c1-14-5-6-15(2)11(16)9-8(14)4-3-7(13)10(9)12/h3-4H,5-6H2,1-2H3. The highest BCUT2D eigenvalue weighted by Gasteiger charge is 2.26. The molecule has 1 heterocycles. The summed E-state index contributed by atoms with van der Waals surface area (Å²) in [4.78, 5) is 15.5. The number of amides is 1. The predicted octanol–water partition coefficient (Wildman–Crippen LogP) is 2.00. The van der Waals surface area contributed by atoms with Crippen molar-refractivity contribution in [3.8, 4) is 0 Å². The second kappa shape index (κ2) is 3.94. The lowest BCUT2D eigenvalue weighted by molar-refractivity contribution is 0.0804. The van der Waals surface area contributed by atoms with E-state index in [-0.39, 0.29) is 16.5 Å². The molecule has 0 bridgehead atoms. The molecule has 1 aromatic rings. The Hall–Kier alpha value is -1.29. The van der Waals surface area contributed by atoms with Gasteiger partial charge >= 0.3 is 0 Å². The Morgan fingerprint density at radius 1 is 1.25 bits per heavy atom. The molecule has 0 radical (unpaired) electrons. The van der Waals surface area contributed by atoms with Gasteiger partial charge in [-0.2, -0.15) is 0 Å². The molecule has 16 heavy (non-hydrogen) atoms. The predicted molar refractivity (Wildman–Crippen MR) is 61.6 cm³/mol. The Balaban J connectivity index is 2.66. The fourth-order valence-electron chi connectivity index (χ4n) is 1.77. The summed E-state index contributed by atoms with van der Waals surface area (Å²) >= 11 is 5.86. The van der Waals surface area contributed by atoms with Crippen molar-refractivity contribution in [1.82, 2.24) is 4.90 Å². The number of fused-ring (bicyclic) bond motifs is 1. The summed E-state index contributed by atoms with van der Waals surface area (Å²) in [6.07, 6.45) is 0. The third-order valence-electron chi connectivity index (χ3n) is 2.82. The SMILES string of the molecule is CN1CCN(C)c2ccc(F)c(Cl)c2C1=O. The molecule has 0 atom stereocenters. The number of likely N-dealkylation sites (N-methyl/N-ethyl adjacent to an activating group) is 2. The number of anilines is 1. The lowest BCUT2D eigenvalue weighted by Gasteiger charge is -2.18. The van der Waals surface area contributed by atoms with Gasteiger partial charge in [-0.15, -0.1) is 0 Å². The van der Waals surface area contributed by atoms with Crippen LogP contribution in [0.15, 0.2) is 12.1 Å². The first-order valence-electron chi connectivity index (χ1n) is 4.97. The molecule has 0 spiro atoms. The van der Waals surface area contributed by atoms with Gasteiger partial charge in [0.25, 0.3) is 5.91 Å². The molecule has 0 fully saturated rings. The molecule has 1 amide bonds. The molecule has 0 unspecified atom stereocenters. The van der Waals surface area contributed by atoms with E-state index in [1.165, 1.54) is 6.07 Å². The van der Waals surface area contributed by atoms with Crippen LogP contribution in [0.1, 0.15) is 10.4 Å². The zero-order chi connectivity index (χ0) is 11.9. The molecule has 1 aliphatic heterocycles. The number of carbonyl (C=O) groups is 1. The van der Waals surface area contributed by atoms with Crippen molar-refractivity contribution in [1.29, 1.82) is 0 Å². The van der Waals surface area contributed by atoms with Gasteiger partial charge in [0, 0.05) is 27.2 Å². The van der Waals surface area contributed by atoms with Crippen molar-refractivity contribution in [2.24, 2.45) is 0 Å². The summed E-state index contributed by atoms with van der Waals surface area (Å²) in [5, 5.41) is -0.0944. The number of benzene rings is 1. The number of hydrogen-bond donors (Lipinski definition) is 0. The second-order valence-corrected chi connectivity index (χ2v) is 4.28. The Morgan fingerprint density at radius 2 is 1.88 bits per heavy atom. The number of halogens is 2. The van der Waals surface area contributed by atoms with Gasteiger partial charge in [0.1, 0.15) is 5.82 Å². The molecule has 0 aromatic heterocycles. The molecule has 1 aliphatic rings. The summed E-state index contributed by atoms with van der Waals surface area (Å²) < 4.78 is 13.3. The first-order chi connectivity index (χ1) is 7.52. The van der Waals surface area contributed by atoms with Crippen LogP contribution in [0.4, 0.5) is 10.1 Å². The van der Waals surface area contributed by atoms with E-state index in [1.54, 1.807) is 18.0 Å². The monoisotopic (exact) mass is 242 g/mol. The fraction of sp³-hybridized carbons (Fsp3) is 0.364. The van der Waals surface area contributed by atoms with Gasteiger partial charge in [0.2, 0.25) is 0 Å². The molecule has 5 heteroatoms. The van der Waals surface area contributed by atoms with E-state index >= 15 is 0 Å². The lowest BCUT2D eigenvalue weighted by atomic mass is 10.1. The van der Waals surface area contributed by atoms with E-state index in [9.17, 15) is 9.18 Å². The van der Waals surface area contributed by atoms with Gasteiger partial charge in [-0.3, -0.25) is 4.79 Å². The zero-order valence-electron chi connectivity index (χ0n) is 9.13. The van der Waals surface area contributed by atoms with E-state index in [1.807, 2.05) is 11.9 Å². The van der Waals surface area contributed by atoms with Gasteiger partial charge < -0.3 is 9.80 Å². The maximum Gasteiger partial charge on any atom is 0.257 e. The van der Waals surface area contributed by atoms with Crippen LogP contribution in [0.3, 0.4) is 0 Å². The zero-order valence-corrected chi connectivity index (χ0v) is 9.88. The van der Waals surface area contributed by atoms with Crippen molar-refractivity contribution < 1.29 is 9.18 Å². The summed E-state index contributed by atoms with van der Waals surface area (Å²) in [6, 6.07) is 2.88. The van der Waals surface area contributed by atoms with Crippen LogP contribution in [0.25, 0.3) is 0 Å². The molecule has 2 rings (SSSR count). The average Bonchev–Trinajstić information content (AvgIpc) is 2.36. The maximum absolute atomic E-state index is 13.3. The van der Waals surface area contributed by atoms with Crippen LogP contribution in [0.2, 0.25) is 5.02 Å². The smallest absolute Gasteiger partial charge is 0.257 e. The third kappa shape index (κ3) is 1.63. The highest BCUT2D eigenvalue weighted by Crippen LogP contribution is 2.31. The number of carbonyl (C=O) groups excluding carboxylic acids is 1. The van der Waals surface area contributed by atoms with Gasteiger partial charge in [-0.05, 0) is 12.1 Å². The molecular weight excluding hydrogens is 231 g/mol. The van der Waals surface area contributed by atoms with Crippen molar-refractivity contribution in [2.75, 3.05) is 32.1 Å². The topological polar surface area (TPSA) is 23.6 Å². The number of nitrogens with zero attached hydrogens (tertiary/aromatic N) is 2. The van der Waals surface area contributed by atoms with E-state index in [0.29, 0.717) is 18.8 Å². The Bertz CT molecular complexity index is 450. The van der Waals surface area contributed by atoms with E-state index < -0.39 is 5.82 Å². The molecule has 1 aromatic carbocycles. The Morgan fingerprint density at radius 3 is 2.56 bits per heavy atom. The quantitative estimate of drug-likeness (QED) is 0.695. The van der Waals surface area contributed by atoms with Gasteiger partial charge in [0.15, 0.2) is 0 Å². The van der Waals surface area contributed by atoms with Gasteiger partial charge in [-0.25, -0.2) is 4.39 Å². The third-order valence-corrected chi connectivity index (χ3v) is 3.18. The van der Waals surface area contributed by atoms with Crippen LogP contribution < -0.4 is 4.90 Å². The fourth-order valence-corrected chi connectivity index (χ4v) is 2.02. The minimum atomic E-state index is -0.558. The number of rotatable bonds is 0. The van der Waals surface area contributed by atoms with E-state index in [2.05, 4.69) is 0 Å². The van der Waals surface area contributed by atoms with Crippen LogP contribution in [0.5, 0.6) is 0 Å². The molecule has 0 aliphatic carbocycles. The molecule has 0 saturated heterocycles. The van der Waals surface area contributed by atoms with Gasteiger partial charge in [-0.1, -0.05) is 11.6 Å². The summed E-state index contributed by atoms with van der Waals surface area (Å²) in [5.41, 5.74) is 0.935. The Kier molecular flexibility index (Phi) is 2.76. The lowest BCUT2D eigenvalue weighted by Crippen LogP contribution is -2.30. The van der Waals surface area contributed by atoms with E-state index in [4.69, 9.17) is 11.6 Å². The van der Waals surface area contributed by atoms with Gasteiger partial charge in [0.05, 0.1) is 16.3 Å². The minimum Gasteiger partial charge on any atom is -0.372 e. The molecular formula is C11H12ClFN2O. The molecule has 0 N–H and O–H groups in total. The Labute approximate surface area is 98.4 Å². The first-order valence-corrected chi connectivity index (χ1v) is 5.34.